The Kier molecular flexibility index (Phi) is 5.95. The largest absolute Gasteiger partial charge is 0.457 e. The number of halogens is 3. The zero-order valence-corrected chi connectivity index (χ0v) is 19.8. The van der Waals surface area contributed by atoms with E-state index in [1.54, 1.807) is 18.2 Å². The summed E-state index contributed by atoms with van der Waals surface area (Å²) in [5, 5.41) is 3.02. The van der Waals surface area contributed by atoms with Gasteiger partial charge in [-0.05, 0) is 25.0 Å². The number of benzene rings is 1. The van der Waals surface area contributed by atoms with Crippen molar-refractivity contribution >= 4 is 21.9 Å². The zero-order valence-electron chi connectivity index (χ0n) is 19.0. The van der Waals surface area contributed by atoms with E-state index in [0.717, 1.165) is 6.26 Å². The summed E-state index contributed by atoms with van der Waals surface area (Å²) in [4.78, 5) is 24.0. The standard InChI is InChI=1S/C22H21F3N6O4S/c1-36(33,34)31-7-5-13(6-8-31)28-21-26-9-16(22(23,24)25)19(29-21)17-10-30(12-27-17)18-4-2-3-14-15(18)11-35-20(14)32/h2-4,9-10,12-13H,5-8,11H2,1H3,(H,26,28,29). The molecule has 0 atom stereocenters. The summed E-state index contributed by atoms with van der Waals surface area (Å²) < 4.78 is 72.7. The van der Waals surface area contributed by atoms with Crippen LogP contribution in [0.15, 0.2) is 36.9 Å². The lowest BCUT2D eigenvalue weighted by atomic mass is 10.1. The first kappa shape index (κ1) is 24.2. The molecule has 2 aliphatic rings. The third-order valence-electron chi connectivity index (χ3n) is 6.17. The highest BCUT2D eigenvalue weighted by molar-refractivity contribution is 7.88. The van der Waals surface area contributed by atoms with Crippen LogP contribution in [-0.2, 0) is 27.5 Å². The van der Waals surface area contributed by atoms with E-state index < -0.39 is 33.4 Å². The molecular formula is C22H21F3N6O4S. The number of anilines is 1. The molecule has 36 heavy (non-hydrogen) atoms. The van der Waals surface area contributed by atoms with Crippen LogP contribution in [0, 0.1) is 0 Å². The second-order valence-corrected chi connectivity index (χ2v) is 10.6. The van der Waals surface area contributed by atoms with Crippen molar-refractivity contribution in [3.05, 3.63) is 53.6 Å². The second kappa shape index (κ2) is 8.85. The van der Waals surface area contributed by atoms with E-state index in [-0.39, 0.29) is 24.3 Å². The molecule has 1 saturated heterocycles. The van der Waals surface area contributed by atoms with Crippen molar-refractivity contribution in [1.29, 1.82) is 0 Å². The first-order valence-corrected chi connectivity index (χ1v) is 12.8. The molecule has 1 fully saturated rings. The summed E-state index contributed by atoms with van der Waals surface area (Å²) in [6, 6.07) is 4.79. The third-order valence-corrected chi connectivity index (χ3v) is 7.48. The van der Waals surface area contributed by atoms with Gasteiger partial charge in [-0.2, -0.15) is 13.2 Å². The molecule has 0 aliphatic carbocycles. The number of nitrogens with one attached hydrogen (secondary N) is 1. The lowest BCUT2D eigenvalue weighted by Gasteiger charge is -2.30. The molecular weight excluding hydrogens is 501 g/mol. The zero-order chi connectivity index (χ0) is 25.7. The van der Waals surface area contributed by atoms with Crippen molar-refractivity contribution in [2.45, 2.75) is 31.7 Å². The van der Waals surface area contributed by atoms with Crippen molar-refractivity contribution < 1.29 is 31.1 Å². The molecule has 0 bridgehead atoms. The number of carbonyl (C=O) groups is 1. The van der Waals surface area contributed by atoms with Gasteiger partial charge in [0.15, 0.2) is 0 Å². The quantitative estimate of drug-likeness (QED) is 0.508. The molecule has 3 aromatic rings. The van der Waals surface area contributed by atoms with Crippen LogP contribution in [0.25, 0.3) is 17.1 Å². The van der Waals surface area contributed by atoms with E-state index in [2.05, 4.69) is 20.3 Å². The number of nitrogens with zero attached hydrogens (tertiary/aromatic N) is 5. The number of alkyl halides is 3. The van der Waals surface area contributed by atoms with Gasteiger partial charge in [-0.3, -0.25) is 0 Å². The normalized spacial score (nSPS) is 17.2. The number of sulfonamides is 1. The Morgan fingerprint density at radius 1 is 1.17 bits per heavy atom. The van der Waals surface area contributed by atoms with Gasteiger partial charge in [0.05, 0.1) is 23.8 Å². The number of hydrogen-bond acceptors (Lipinski definition) is 8. The number of aromatic nitrogens is 4. The topological polar surface area (TPSA) is 119 Å². The van der Waals surface area contributed by atoms with Gasteiger partial charge in [-0.1, -0.05) is 6.07 Å². The van der Waals surface area contributed by atoms with Gasteiger partial charge in [0.1, 0.15) is 23.6 Å². The van der Waals surface area contributed by atoms with E-state index in [1.807, 2.05) is 0 Å². The van der Waals surface area contributed by atoms with Gasteiger partial charge in [0.25, 0.3) is 0 Å². The SMILES string of the molecule is CS(=O)(=O)N1CCC(Nc2ncc(C(F)(F)F)c(-c3cn(-c4cccc5c4COC5=O)cn3)n2)CC1. The van der Waals surface area contributed by atoms with Crippen LogP contribution in [-0.4, -0.2) is 63.6 Å². The van der Waals surface area contributed by atoms with Crippen LogP contribution in [0.2, 0.25) is 0 Å². The summed E-state index contributed by atoms with van der Waals surface area (Å²) in [6.07, 6.45) is 0.811. The van der Waals surface area contributed by atoms with E-state index in [1.165, 1.54) is 21.4 Å². The number of imidazole rings is 1. The lowest BCUT2D eigenvalue weighted by Crippen LogP contribution is -2.42. The van der Waals surface area contributed by atoms with Crippen molar-refractivity contribution in [2.75, 3.05) is 24.7 Å². The summed E-state index contributed by atoms with van der Waals surface area (Å²) in [6.45, 7) is 0.648. The van der Waals surface area contributed by atoms with Gasteiger partial charge in [0, 0.05) is 37.1 Å². The highest BCUT2D eigenvalue weighted by Crippen LogP contribution is 2.36. The summed E-state index contributed by atoms with van der Waals surface area (Å²) >= 11 is 0. The van der Waals surface area contributed by atoms with Gasteiger partial charge in [-0.25, -0.2) is 32.5 Å². The number of cyclic esters (lactones) is 1. The first-order chi connectivity index (χ1) is 17.0. The first-order valence-electron chi connectivity index (χ1n) is 11.0. The van der Waals surface area contributed by atoms with Crippen molar-refractivity contribution in [1.82, 2.24) is 23.8 Å². The van der Waals surface area contributed by atoms with Crippen molar-refractivity contribution in [3.63, 3.8) is 0 Å². The third kappa shape index (κ3) is 4.65. The molecule has 0 amide bonds. The molecule has 2 aliphatic heterocycles. The predicted molar refractivity (Wildman–Crippen MR) is 122 cm³/mol. The fourth-order valence-corrected chi connectivity index (χ4v) is 5.19. The van der Waals surface area contributed by atoms with Gasteiger partial charge in [0.2, 0.25) is 16.0 Å². The Balaban J connectivity index is 1.44. The molecule has 1 aromatic carbocycles. The highest BCUT2D eigenvalue weighted by Gasteiger charge is 2.36. The Hall–Kier alpha value is -3.52. The maximum absolute atomic E-state index is 13.8. The Bertz CT molecular complexity index is 1430. The van der Waals surface area contributed by atoms with Gasteiger partial charge in [-0.15, -0.1) is 0 Å². The van der Waals surface area contributed by atoms with Crippen molar-refractivity contribution in [2.24, 2.45) is 0 Å². The van der Waals surface area contributed by atoms with Gasteiger partial charge < -0.3 is 14.6 Å². The number of carbonyl (C=O) groups excluding carboxylic acids is 1. The Labute approximate surface area is 204 Å². The van der Waals surface area contributed by atoms with E-state index in [9.17, 15) is 26.4 Å². The average molecular weight is 523 g/mol. The minimum atomic E-state index is -4.72. The number of hydrogen-bond donors (Lipinski definition) is 1. The molecule has 190 valence electrons. The van der Waals surface area contributed by atoms with Gasteiger partial charge >= 0.3 is 12.1 Å². The molecule has 0 radical (unpaired) electrons. The van der Waals surface area contributed by atoms with Crippen LogP contribution in [0.4, 0.5) is 19.1 Å². The maximum Gasteiger partial charge on any atom is 0.420 e. The minimum Gasteiger partial charge on any atom is -0.457 e. The van der Waals surface area contributed by atoms with E-state index in [4.69, 9.17) is 4.74 Å². The number of fused-ring (bicyclic) bond motifs is 1. The highest BCUT2D eigenvalue weighted by atomic mass is 32.2. The molecule has 10 nitrogen and oxygen atoms in total. The fourth-order valence-electron chi connectivity index (χ4n) is 4.32. The minimum absolute atomic E-state index is 0.00930. The molecule has 0 saturated carbocycles. The number of rotatable bonds is 5. The van der Waals surface area contributed by atoms with E-state index in [0.29, 0.717) is 48.9 Å². The summed E-state index contributed by atoms with van der Waals surface area (Å²) in [5.74, 6) is -0.467. The average Bonchev–Trinajstić information content (AvgIpc) is 3.45. The number of ether oxygens (including phenoxy) is 1. The van der Waals surface area contributed by atoms with Crippen LogP contribution in [0.5, 0.6) is 0 Å². The predicted octanol–water partition coefficient (Wildman–Crippen LogP) is 2.85. The molecule has 1 N–H and O–H groups in total. The molecule has 2 aromatic heterocycles. The second-order valence-electron chi connectivity index (χ2n) is 8.58. The maximum atomic E-state index is 13.8. The van der Waals surface area contributed by atoms with Crippen molar-refractivity contribution in [3.8, 4) is 17.1 Å². The molecule has 0 unspecified atom stereocenters. The van der Waals surface area contributed by atoms with Crippen LogP contribution >= 0.6 is 0 Å². The monoisotopic (exact) mass is 522 g/mol. The summed E-state index contributed by atoms with van der Waals surface area (Å²) in [5.41, 5.74) is 0.120. The summed E-state index contributed by atoms with van der Waals surface area (Å²) in [7, 11) is -3.30. The van der Waals surface area contributed by atoms with Crippen LogP contribution in [0.3, 0.4) is 0 Å². The number of piperidine rings is 1. The number of esters is 1. The lowest BCUT2D eigenvalue weighted by molar-refractivity contribution is -0.137. The Morgan fingerprint density at radius 3 is 2.61 bits per heavy atom. The molecule has 0 spiro atoms. The van der Waals surface area contributed by atoms with Crippen LogP contribution in [0.1, 0.15) is 34.3 Å². The fraction of sp³-hybridized carbons (Fsp3) is 0.364. The molecule has 14 heteroatoms. The van der Waals surface area contributed by atoms with Crippen LogP contribution < -0.4 is 5.32 Å². The smallest absolute Gasteiger partial charge is 0.420 e. The molecule has 5 rings (SSSR count). The molecule has 4 heterocycles. The van der Waals surface area contributed by atoms with E-state index >= 15 is 0 Å². The Morgan fingerprint density at radius 2 is 1.92 bits per heavy atom.